The first-order valence-electron chi connectivity index (χ1n) is 8.06. The quantitative estimate of drug-likeness (QED) is 0.655. The number of ether oxygens (including phenoxy) is 1. The Labute approximate surface area is 163 Å². The molecule has 0 fully saturated rings. The van der Waals surface area contributed by atoms with Crippen LogP contribution in [0.25, 0.3) is 0 Å². The van der Waals surface area contributed by atoms with Gasteiger partial charge in [-0.05, 0) is 66.5 Å². The lowest BCUT2D eigenvalue weighted by Gasteiger charge is -2.29. The number of rotatable bonds is 7. The first-order valence-corrected chi connectivity index (χ1v) is 10.3. The van der Waals surface area contributed by atoms with Gasteiger partial charge >= 0.3 is 0 Å². The Morgan fingerprint density at radius 3 is 2.27 bits per heavy atom. The Balaban J connectivity index is 2.26. The Morgan fingerprint density at radius 2 is 1.77 bits per heavy atom. The monoisotopic (exact) mass is 442 g/mol. The van der Waals surface area contributed by atoms with Crippen LogP contribution in [0.1, 0.15) is 30.9 Å². The zero-order valence-electron chi connectivity index (χ0n) is 15.2. The fourth-order valence-corrected chi connectivity index (χ4v) is 4.02. The van der Waals surface area contributed by atoms with E-state index < -0.39 is 21.6 Å². The van der Waals surface area contributed by atoms with Crippen molar-refractivity contribution in [1.29, 1.82) is 0 Å². The van der Waals surface area contributed by atoms with Crippen molar-refractivity contribution in [2.24, 2.45) is 0 Å². The van der Waals surface area contributed by atoms with Gasteiger partial charge in [0.05, 0.1) is 28.7 Å². The summed E-state index contributed by atoms with van der Waals surface area (Å²) in [5, 5.41) is 10.5. The summed E-state index contributed by atoms with van der Waals surface area (Å²) in [5.41, 5.74) is 0.516. The summed E-state index contributed by atoms with van der Waals surface area (Å²) in [4.78, 5) is 0.0912. The fourth-order valence-electron chi connectivity index (χ4n) is 2.54. The van der Waals surface area contributed by atoms with Gasteiger partial charge in [-0.1, -0.05) is 23.8 Å². The van der Waals surface area contributed by atoms with Crippen LogP contribution in [0.15, 0.2) is 51.8 Å². The highest BCUT2D eigenvalue weighted by atomic mass is 79.9. The van der Waals surface area contributed by atoms with Crippen LogP contribution < -0.4 is 4.74 Å². The number of benzene rings is 2. The molecular weight excluding hydrogens is 420 g/mol. The van der Waals surface area contributed by atoms with Crippen LogP contribution in [-0.2, 0) is 14.3 Å². The molecule has 0 bridgehead atoms. The highest BCUT2D eigenvalue weighted by Crippen LogP contribution is 2.34. The summed E-state index contributed by atoms with van der Waals surface area (Å²) in [6.45, 7) is 4.94. The van der Waals surface area contributed by atoms with Gasteiger partial charge in [0.15, 0.2) is 0 Å². The van der Waals surface area contributed by atoms with Crippen LogP contribution in [0.4, 0.5) is 0 Å². The lowest BCUT2D eigenvalue weighted by molar-refractivity contribution is 0.0326. The van der Waals surface area contributed by atoms with E-state index in [-0.39, 0.29) is 11.5 Å². The van der Waals surface area contributed by atoms with Crippen molar-refractivity contribution in [2.45, 2.75) is 37.2 Å². The number of halogens is 1. The number of methoxy groups -OCH3 is 1. The van der Waals surface area contributed by atoms with Gasteiger partial charge in [0.1, 0.15) is 5.75 Å². The van der Waals surface area contributed by atoms with E-state index in [2.05, 4.69) is 15.9 Å². The molecule has 0 radical (unpaired) electrons. The van der Waals surface area contributed by atoms with E-state index in [0.717, 1.165) is 11.1 Å². The van der Waals surface area contributed by atoms with Crippen LogP contribution in [0.3, 0.4) is 0 Å². The van der Waals surface area contributed by atoms with Crippen LogP contribution >= 0.6 is 15.9 Å². The lowest BCUT2D eigenvalue weighted by atomic mass is 9.85. The molecule has 0 amide bonds. The number of hydrogen-bond donors (Lipinski definition) is 1. The molecule has 1 unspecified atom stereocenters. The molecule has 5 nitrogen and oxygen atoms in total. The Morgan fingerprint density at radius 1 is 1.15 bits per heavy atom. The molecule has 142 valence electrons. The van der Waals surface area contributed by atoms with Gasteiger partial charge in [-0.3, -0.25) is 4.18 Å². The zero-order valence-corrected chi connectivity index (χ0v) is 17.6. The highest BCUT2D eigenvalue weighted by Gasteiger charge is 2.31. The second-order valence-electron chi connectivity index (χ2n) is 6.65. The van der Waals surface area contributed by atoms with E-state index >= 15 is 0 Å². The third kappa shape index (κ3) is 5.07. The number of aryl methyl sites for hydroxylation is 1. The molecule has 0 saturated carbocycles. The van der Waals surface area contributed by atoms with Crippen LogP contribution in [-0.4, -0.2) is 32.8 Å². The smallest absolute Gasteiger partial charge is 0.296 e. The maximum Gasteiger partial charge on any atom is 0.296 e. The Kier molecular flexibility index (Phi) is 6.50. The standard InChI is InChI=1S/C19H23BrO5S/c1-13-5-8-15(9-6-13)26(22,23)25-12-16(19(2,3)21)14-7-10-18(24-4)17(20)11-14/h5-11,16,21H,12H2,1-4H3. The van der Waals surface area contributed by atoms with E-state index in [9.17, 15) is 13.5 Å². The molecule has 0 spiro atoms. The van der Waals surface area contributed by atoms with Crippen molar-refractivity contribution >= 4 is 26.0 Å². The first-order chi connectivity index (χ1) is 12.0. The molecule has 2 rings (SSSR count). The SMILES string of the molecule is COc1ccc(C(COS(=O)(=O)c2ccc(C)cc2)C(C)(C)O)cc1Br. The Hall–Kier alpha value is -1.41. The Bertz CT molecular complexity index is 854. The average Bonchev–Trinajstić information content (AvgIpc) is 2.54. The molecule has 2 aromatic rings. The summed E-state index contributed by atoms with van der Waals surface area (Å²) in [6.07, 6.45) is 0. The number of aliphatic hydroxyl groups is 1. The summed E-state index contributed by atoms with van der Waals surface area (Å²) < 4.78 is 36.1. The maximum atomic E-state index is 12.4. The van der Waals surface area contributed by atoms with E-state index in [1.54, 1.807) is 51.3 Å². The van der Waals surface area contributed by atoms with Crippen LogP contribution in [0, 0.1) is 6.92 Å². The first kappa shape index (κ1) is 20.9. The second kappa shape index (κ2) is 8.08. The number of hydrogen-bond acceptors (Lipinski definition) is 5. The van der Waals surface area contributed by atoms with Gasteiger partial charge in [0.25, 0.3) is 10.1 Å². The molecule has 0 aliphatic heterocycles. The summed E-state index contributed by atoms with van der Waals surface area (Å²) in [7, 11) is -2.35. The van der Waals surface area contributed by atoms with Gasteiger partial charge in [0, 0.05) is 5.92 Å². The third-order valence-electron chi connectivity index (χ3n) is 4.13. The molecular formula is C19H23BrO5S. The van der Waals surface area contributed by atoms with Gasteiger partial charge in [-0.15, -0.1) is 0 Å². The predicted molar refractivity (Wildman–Crippen MR) is 104 cm³/mol. The normalized spacial score (nSPS) is 13.5. The highest BCUT2D eigenvalue weighted by molar-refractivity contribution is 9.10. The average molecular weight is 443 g/mol. The molecule has 0 aromatic heterocycles. The predicted octanol–water partition coefficient (Wildman–Crippen LogP) is 4.03. The van der Waals surface area contributed by atoms with Crippen molar-refractivity contribution in [3.8, 4) is 5.75 Å². The van der Waals surface area contributed by atoms with E-state index in [0.29, 0.717) is 10.2 Å². The van der Waals surface area contributed by atoms with Gasteiger partial charge in [-0.25, -0.2) is 0 Å². The van der Waals surface area contributed by atoms with Gasteiger partial charge in [-0.2, -0.15) is 8.42 Å². The molecule has 0 saturated heterocycles. The fraction of sp³-hybridized carbons (Fsp3) is 0.368. The van der Waals surface area contributed by atoms with Crippen LogP contribution in [0.2, 0.25) is 0 Å². The molecule has 0 aliphatic carbocycles. The third-order valence-corrected chi connectivity index (χ3v) is 6.05. The van der Waals surface area contributed by atoms with E-state index in [1.807, 2.05) is 6.92 Å². The second-order valence-corrected chi connectivity index (χ2v) is 9.12. The van der Waals surface area contributed by atoms with E-state index in [1.165, 1.54) is 12.1 Å². The largest absolute Gasteiger partial charge is 0.496 e. The molecule has 2 aromatic carbocycles. The molecule has 0 aliphatic rings. The summed E-state index contributed by atoms with van der Waals surface area (Å²) >= 11 is 3.41. The minimum atomic E-state index is -3.91. The zero-order chi connectivity index (χ0) is 19.5. The maximum absolute atomic E-state index is 12.4. The molecule has 1 N–H and O–H groups in total. The minimum absolute atomic E-state index is 0.0912. The van der Waals surface area contributed by atoms with Crippen LogP contribution in [0.5, 0.6) is 5.75 Å². The molecule has 7 heteroatoms. The lowest BCUT2D eigenvalue weighted by Crippen LogP contribution is -2.33. The van der Waals surface area contributed by atoms with E-state index in [4.69, 9.17) is 8.92 Å². The van der Waals surface area contributed by atoms with Crippen molar-refractivity contribution < 1.29 is 22.4 Å². The summed E-state index contributed by atoms with van der Waals surface area (Å²) in [5.74, 6) is 0.0985. The van der Waals surface area contributed by atoms with Gasteiger partial charge < -0.3 is 9.84 Å². The van der Waals surface area contributed by atoms with Gasteiger partial charge in [0.2, 0.25) is 0 Å². The molecule has 26 heavy (non-hydrogen) atoms. The minimum Gasteiger partial charge on any atom is -0.496 e. The van der Waals surface area contributed by atoms with Crippen molar-refractivity contribution in [2.75, 3.05) is 13.7 Å². The summed E-state index contributed by atoms with van der Waals surface area (Å²) in [6, 6.07) is 11.8. The topological polar surface area (TPSA) is 72.8 Å². The molecule has 1 atom stereocenters. The van der Waals surface area contributed by atoms with Crippen molar-refractivity contribution in [3.05, 3.63) is 58.1 Å². The van der Waals surface area contributed by atoms with Crippen molar-refractivity contribution in [3.63, 3.8) is 0 Å². The molecule has 0 heterocycles. The van der Waals surface area contributed by atoms with Crippen molar-refractivity contribution in [1.82, 2.24) is 0 Å².